The maximum absolute atomic E-state index is 12.5. The molecule has 1 heterocycles. The number of carbonyl (C=O) groups excluding carboxylic acids is 3. The topological polar surface area (TPSA) is 147 Å². The van der Waals surface area contributed by atoms with Crippen LogP contribution in [0, 0.1) is 16.0 Å². The van der Waals surface area contributed by atoms with Crippen molar-refractivity contribution < 1.29 is 38.3 Å². The highest BCUT2D eigenvalue weighted by atomic mass is 16.6. The Labute approximate surface area is 194 Å². The number of carbonyl (C=O) groups is 3. The van der Waals surface area contributed by atoms with Crippen molar-refractivity contribution >= 4 is 34.8 Å². The summed E-state index contributed by atoms with van der Waals surface area (Å²) in [4.78, 5) is 49.0. The van der Waals surface area contributed by atoms with Crippen molar-refractivity contribution in [2.45, 2.75) is 6.42 Å². The van der Waals surface area contributed by atoms with E-state index in [1.165, 1.54) is 44.4 Å². The van der Waals surface area contributed by atoms with Gasteiger partial charge < -0.3 is 29.2 Å². The number of amides is 2. The average Bonchev–Trinajstić information content (AvgIpc) is 3.23. The summed E-state index contributed by atoms with van der Waals surface area (Å²) in [7, 11) is 4.25. The number of ether oxygens (including phenoxy) is 4. The Hall–Kier alpha value is -4.35. The smallest absolute Gasteiger partial charge is 0.311 e. The van der Waals surface area contributed by atoms with Gasteiger partial charge in [0.05, 0.1) is 49.6 Å². The summed E-state index contributed by atoms with van der Waals surface area (Å²) in [5, 5.41) is 13.6. The minimum Gasteiger partial charge on any atom is -0.497 e. The van der Waals surface area contributed by atoms with Crippen molar-refractivity contribution in [1.82, 2.24) is 0 Å². The summed E-state index contributed by atoms with van der Waals surface area (Å²) in [6.45, 7) is -0.581. The number of non-ortho nitro benzene ring substituents is 1. The standard InChI is InChI=1S/C22H23N3O9/c1-31-15-5-7-18(32-2)16(10-15)23-20(26)12-34-22(28)13-8-21(27)24(11-13)17-6-4-14(25(29)30)9-19(17)33-3/h4-7,9-10,13H,8,11-12H2,1-3H3,(H,23,26)/t13-/m0/s1. The SMILES string of the molecule is COc1ccc(OC)c(NC(=O)COC(=O)[C@H]2CC(=O)N(c3ccc([N+](=O)[O-])cc3OC)C2)c1. The fraction of sp³-hybridized carbons (Fsp3) is 0.318. The average molecular weight is 473 g/mol. The van der Waals surface area contributed by atoms with Gasteiger partial charge in [-0.1, -0.05) is 0 Å². The molecule has 0 saturated carbocycles. The van der Waals surface area contributed by atoms with Crippen LogP contribution in [0.2, 0.25) is 0 Å². The first-order valence-electron chi connectivity index (χ1n) is 10.1. The maximum Gasteiger partial charge on any atom is 0.311 e. The van der Waals surface area contributed by atoms with E-state index in [1.807, 2.05) is 0 Å². The molecule has 0 aromatic heterocycles. The maximum atomic E-state index is 12.5. The molecular formula is C22H23N3O9. The van der Waals surface area contributed by atoms with Crippen LogP contribution in [0.25, 0.3) is 0 Å². The van der Waals surface area contributed by atoms with Crippen LogP contribution in [0.3, 0.4) is 0 Å². The molecule has 2 amide bonds. The first kappa shape index (κ1) is 24.3. The molecule has 2 aromatic carbocycles. The van der Waals surface area contributed by atoms with Gasteiger partial charge in [-0.3, -0.25) is 24.5 Å². The summed E-state index contributed by atoms with van der Waals surface area (Å²) in [5.74, 6) is -1.48. The van der Waals surface area contributed by atoms with Gasteiger partial charge in [0, 0.05) is 25.1 Å². The van der Waals surface area contributed by atoms with Crippen LogP contribution in [0.1, 0.15) is 6.42 Å². The van der Waals surface area contributed by atoms with E-state index in [2.05, 4.69) is 5.32 Å². The molecule has 1 atom stereocenters. The van der Waals surface area contributed by atoms with Crippen LogP contribution < -0.4 is 24.4 Å². The van der Waals surface area contributed by atoms with Gasteiger partial charge in [0.15, 0.2) is 6.61 Å². The largest absolute Gasteiger partial charge is 0.497 e. The van der Waals surface area contributed by atoms with E-state index in [1.54, 1.807) is 18.2 Å². The van der Waals surface area contributed by atoms with Gasteiger partial charge in [0.25, 0.3) is 11.6 Å². The van der Waals surface area contributed by atoms with Crippen LogP contribution in [-0.2, 0) is 19.1 Å². The van der Waals surface area contributed by atoms with Crippen LogP contribution in [0.4, 0.5) is 17.1 Å². The molecule has 2 aromatic rings. The number of nitrogens with one attached hydrogen (secondary N) is 1. The van der Waals surface area contributed by atoms with Crippen molar-refractivity contribution in [3.8, 4) is 17.2 Å². The fourth-order valence-electron chi connectivity index (χ4n) is 3.45. The summed E-state index contributed by atoms with van der Waals surface area (Å²) in [6, 6.07) is 8.67. The van der Waals surface area contributed by atoms with Crippen LogP contribution in [0.5, 0.6) is 17.2 Å². The normalized spacial score (nSPS) is 15.0. The molecule has 12 nitrogen and oxygen atoms in total. The molecule has 34 heavy (non-hydrogen) atoms. The third-order valence-corrected chi connectivity index (χ3v) is 5.15. The molecule has 0 unspecified atom stereocenters. The Morgan fingerprint density at radius 3 is 2.47 bits per heavy atom. The molecule has 0 radical (unpaired) electrons. The molecule has 1 N–H and O–H groups in total. The second-order valence-electron chi connectivity index (χ2n) is 7.24. The van der Waals surface area contributed by atoms with Crippen molar-refractivity contribution in [1.29, 1.82) is 0 Å². The molecule has 1 aliphatic heterocycles. The van der Waals surface area contributed by atoms with Gasteiger partial charge in [-0.2, -0.15) is 0 Å². The van der Waals surface area contributed by atoms with Crippen LogP contribution >= 0.6 is 0 Å². The molecule has 12 heteroatoms. The third-order valence-electron chi connectivity index (χ3n) is 5.15. The number of hydrogen-bond acceptors (Lipinski definition) is 9. The summed E-state index contributed by atoms with van der Waals surface area (Å²) >= 11 is 0. The van der Waals surface area contributed by atoms with E-state index < -0.39 is 29.3 Å². The molecule has 1 saturated heterocycles. The Morgan fingerprint density at radius 1 is 1.09 bits per heavy atom. The van der Waals surface area contributed by atoms with Crippen molar-refractivity contribution in [2.24, 2.45) is 5.92 Å². The van der Waals surface area contributed by atoms with Crippen molar-refractivity contribution in [3.63, 3.8) is 0 Å². The molecular weight excluding hydrogens is 450 g/mol. The lowest BCUT2D eigenvalue weighted by Gasteiger charge is -2.19. The second kappa shape index (κ2) is 10.5. The minimum atomic E-state index is -0.813. The zero-order valence-electron chi connectivity index (χ0n) is 18.7. The predicted octanol–water partition coefficient (Wildman–Crippen LogP) is 2.16. The van der Waals surface area contributed by atoms with Gasteiger partial charge in [-0.05, 0) is 18.2 Å². The lowest BCUT2D eigenvalue weighted by atomic mass is 10.1. The number of nitro groups is 1. The quantitative estimate of drug-likeness (QED) is 0.329. The summed E-state index contributed by atoms with van der Waals surface area (Å²) in [5.41, 5.74) is 0.452. The molecule has 180 valence electrons. The van der Waals surface area contributed by atoms with Crippen LogP contribution in [0.15, 0.2) is 36.4 Å². The lowest BCUT2D eigenvalue weighted by Crippen LogP contribution is -2.28. The van der Waals surface area contributed by atoms with Gasteiger partial charge in [-0.15, -0.1) is 0 Å². The fourth-order valence-corrected chi connectivity index (χ4v) is 3.45. The zero-order chi connectivity index (χ0) is 24.8. The number of methoxy groups -OCH3 is 3. The van der Waals surface area contributed by atoms with Crippen molar-refractivity contribution in [2.75, 3.05) is 44.7 Å². The number of esters is 1. The number of nitro benzene ring substituents is 1. The molecule has 0 aliphatic carbocycles. The van der Waals surface area contributed by atoms with Crippen molar-refractivity contribution in [3.05, 3.63) is 46.5 Å². The predicted molar refractivity (Wildman–Crippen MR) is 119 cm³/mol. The molecule has 1 fully saturated rings. The highest BCUT2D eigenvalue weighted by Crippen LogP contribution is 2.36. The Kier molecular flexibility index (Phi) is 7.51. The number of hydrogen-bond donors (Lipinski definition) is 1. The van der Waals surface area contributed by atoms with E-state index in [9.17, 15) is 24.5 Å². The first-order chi connectivity index (χ1) is 16.3. The molecule has 0 spiro atoms. The third kappa shape index (κ3) is 5.34. The molecule has 1 aliphatic rings. The Bertz CT molecular complexity index is 1120. The second-order valence-corrected chi connectivity index (χ2v) is 7.24. The van der Waals surface area contributed by atoms with E-state index in [0.29, 0.717) is 22.9 Å². The molecule has 3 rings (SSSR count). The number of nitrogens with zero attached hydrogens (tertiary/aromatic N) is 2. The van der Waals surface area contributed by atoms with Gasteiger partial charge in [0.2, 0.25) is 5.91 Å². The number of anilines is 2. The van der Waals surface area contributed by atoms with Gasteiger partial charge in [0.1, 0.15) is 17.2 Å². The first-order valence-corrected chi connectivity index (χ1v) is 10.1. The minimum absolute atomic E-state index is 0.0167. The summed E-state index contributed by atoms with van der Waals surface area (Å²) < 4.78 is 20.6. The number of rotatable bonds is 9. The highest BCUT2D eigenvalue weighted by Gasteiger charge is 2.37. The summed E-state index contributed by atoms with van der Waals surface area (Å²) in [6.07, 6.45) is -0.135. The van der Waals surface area contributed by atoms with Crippen LogP contribution in [-0.4, -0.2) is 57.2 Å². The van der Waals surface area contributed by atoms with E-state index in [0.717, 1.165) is 0 Å². The Morgan fingerprint density at radius 2 is 1.82 bits per heavy atom. The van der Waals surface area contributed by atoms with Gasteiger partial charge in [-0.25, -0.2) is 0 Å². The highest BCUT2D eigenvalue weighted by molar-refractivity contribution is 6.01. The van der Waals surface area contributed by atoms with E-state index in [-0.39, 0.29) is 30.3 Å². The Balaban J connectivity index is 1.61. The number of benzene rings is 2. The monoisotopic (exact) mass is 473 g/mol. The lowest BCUT2D eigenvalue weighted by molar-refractivity contribution is -0.384. The zero-order valence-corrected chi connectivity index (χ0v) is 18.7. The van der Waals surface area contributed by atoms with E-state index in [4.69, 9.17) is 18.9 Å². The molecule has 0 bridgehead atoms. The van der Waals surface area contributed by atoms with E-state index >= 15 is 0 Å². The van der Waals surface area contributed by atoms with Gasteiger partial charge >= 0.3 is 5.97 Å².